The number of aryl methyl sites for hydroxylation is 1. The predicted octanol–water partition coefficient (Wildman–Crippen LogP) is 2.84. The molecule has 2 amide bonds. The van der Waals surface area contributed by atoms with Crippen LogP contribution in [0.15, 0.2) is 82.4 Å². The number of nitrogens with zero attached hydrogens (tertiary/aromatic N) is 2. The number of carbonyl (C=O) groups is 2. The van der Waals surface area contributed by atoms with Gasteiger partial charge in [-0.05, 0) is 56.2 Å². The Hall–Kier alpha value is -4.46. The third kappa shape index (κ3) is 6.03. The second kappa shape index (κ2) is 11.1. The molecule has 8 heteroatoms. The van der Waals surface area contributed by atoms with Crippen molar-refractivity contribution in [2.75, 3.05) is 0 Å². The Balaban J connectivity index is 1.64. The lowest BCUT2D eigenvalue weighted by molar-refractivity contribution is -0.122. The van der Waals surface area contributed by atoms with E-state index in [1.54, 1.807) is 48.5 Å². The van der Waals surface area contributed by atoms with Crippen molar-refractivity contribution in [3.05, 3.63) is 110 Å². The molecule has 190 valence electrons. The van der Waals surface area contributed by atoms with E-state index in [-0.39, 0.29) is 30.8 Å². The molecule has 0 aliphatic rings. The van der Waals surface area contributed by atoms with Crippen LogP contribution in [0.3, 0.4) is 0 Å². The van der Waals surface area contributed by atoms with Gasteiger partial charge in [0.05, 0.1) is 23.0 Å². The second-order valence-electron chi connectivity index (χ2n) is 9.35. The average molecular weight is 499 g/mol. The molecule has 0 saturated heterocycles. The number of rotatable bonds is 8. The number of fused-ring (bicyclic) bond motifs is 1. The van der Waals surface area contributed by atoms with Crippen molar-refractivity contribution in [2.45, 2.75) is 46.3 Å². The zero-order chi connectivity index (χ0) is 26.5. The first kappa shape index (κ1) is 25.6. The summed E-state index contributed by atoms with van der Waals surface area (Å²) in [5, 5.41) is 6.01. The van der Waals surface area contributed by atoms with E-state index in [1.807, 2.05) is 45.0 Å². The van der Waals surface area contributed by atoms with Crippen LogP contribution in [0.1, 0.15) is 30.5 Å². The Morgan fingerprint density at radius 2 is 1.49 bits per heavy atom. The number of nitrogens with one attached hydrogen (secondary N) is 2. The topological polar surface area (TPSA) is 102 Å². The zero-order valence-electron chi connectivity index (χ0n) is 21.2. The van der Waals surface area contributed by atoms with Crippen LogP contribution >= 0.6 is 0 Å². The number of hydrogen-bond acceptors (Lipinski definition) is 4. The van der Waals surface area contributed by atoms with Gasteiger partial charge in [-0.2, -0.15) is 0 Å². The van der Waals surface area contributed by atoms with Gasteiger partial charge in [0.2, 0.25) is 11.8 Å². The molecule has 0 atom stereocenters. The maximum atomic E-state index is 13.5. The molecule has 0 unspecified atom stereocenters. The van der Waals surface area contributed by atoms with Gasteiger partial charge in [-0.15, -0.1) is 0 Å². The summed E-state index contributed by atoms with van der Waals surface area (Å²) in [6.45, 7) is 5.87. The highest BCUT2D eigenvalue weighted by Crippen LogP contribution is 2.12. The van der Waals surface area contributed by atoms with E-state index in [2.05, 4.69) is 10.6 Å². The largest absolute Gasteiger partial charge is 0.354 e. The number of carbonyl (C=O) groups excluding carboxylic acids is 2. The van der Waals surface area contributed by atoms with Gasteiger partial charge >= 0.3 is 5.69 Å². The molecule has 0 aliphatic carbocycles. The maximum absolute atomic E-state index is 13.5. The molecule has 8 nitrogen and oxygen atoms in total. The van der Waals surface area contributed by atoms with Crippen LogP contribution in [-0.2, 0) is 29.1 Å². The van der Waals surface area contributed by atoms with Crippen molar-refractivity contribution in [1.29, 1.82) is 0 Å². The quantitative estimate of drug-likeness (QED) is 0.390. The lowest BCUT2D eigenvalue weighted by Crippen LogP contribution is -2.41. The molecule has 4 aromatic rings. The van der Waals surface area contributed by atoms with Gasteiger partial charge in [-0.1, -0.05) is 54.1 Å². The van der Waals surface area contributed by atoms with Crippen molar-refractivity contribution < 1.29 is 9.59 Å². The molecule has 2 N–H and O–H groups in total. The van der Waals surface area contributed by atoms with Gasteiger partial charge in [-0.25, -0.2) is 9.36 Å². The van der Waals surface area contributed by atoms with E-state index in [1.165, 1.54) is 4.57 Å². The third-order valence-electron chi connectivity index (χ3n) is 5.97. The fourth-order valence-corrected chi connectivity index (χ4v) is 4.13. The van der Waals surface area contributed by atoms with Gasteiger partial charge in [0, 0.05) is 12.6 Å². The summed E-state index contributed by atoms with van der Waals surface area (Å²) < 4.78 is 2.37. The molecule has 0 spiro atoms. The molecular weight excluding hydrogens is 468 g/mol. The van der Waals surface area contributed by atoms with Crippen LogP contribution in [0.2, 0.25) is 0 Å². The summed E-state index contributed by atoms with van der Waals surface area (Å²) in [5.74, 6) is -0.450. The van der Waals surface area contributed by atoms with E-state index < -0.39 is 11.2 Å². The van der Waals surface area contributed by atoms with E-state index >= 15 is 0 Å². The number of aromatic nitrogens is 2. The number of amides is 2. The van der Waals surface area contributed by atoms with E-state index in [0.717, 1.165) is 21.3 Å². The highest BCUT2D eigenvalue weighted by molar-refractivity contribution is 5.82. The van der Waals surface area contributed by atoms with E-state index in [4.69, 9.17) is 0 Å². The highest BCUT2D eigenvalue weighted by Gasteiger charge is 2.17. The minimum absolute atomic E-state index is 0.0375. The van der Waals surface area contributed by atoms with Crippen molar-refractivity contribution in [2.24, 2.45) is 0 Å². The lowest BCUT2D eigenvalue weighted by atomic mass is 10.1. The number of hydrogen-bond donors (Lipinski definition) is 2. The van der Waals surface area contributed by atoms with Gasteiger partial charge in [0.1, 0.15) is 6.54 Å². The molecule has 37 heavy (non-hydrogen) atoms. The summed E-state index contributed by atoms with van der Waals surface area (Å²) in [7, 11) is 0. The van der Waals surface area contributed by atoms with Crippen molar-refractivity contribution in [3.8, 4) is 5.69 Å². The van der Waals surface area contributed by atoms with Gasteiger partial charge < -0.3 is 10.6 Å². The van der Waals surface area contributed by atoms with Gasteiger partial charge in [0.15, 0.2) is 0 Å². The Bertz CT molecular complexity index is 1550. The third-order valence-corrected chi connectivity index (χ3v) is 5.97. The minimum Gasteiger partial charge on any atom is -0.354 e. The molecular formula is C29H30N4O4. The van der Waals surface area contributed by atoms with Crippen LogP contribution in [0.25, 0.3) is 16.6 Å². The molecule has 0 saturated carbocycles. The molecule has 0 radical (unpaired) electrons. The molecule has 0 fully saturated rings. The maximum Gasteiger partial charge on any atom is 0.336 e. The molecule has 0 aliphatic heterocycles. The standard InChI is InChI=1S/C29H30N4O4/c1-19(2)31-26(34)16-21-12-14-23(15-13-21)33-28(36)24-6-4-5-7-25(24)32(29(33)37)18-27(35)30-17-22-10-8-20(3)9-11-22/h4-15,19H,16-18H2,1-3H3,(H,30,35)(H,31,34). The summed E-state index contributed by atoms with van der Waals surface area (Å²) >= 11 is 0. The number of benzene rings is 3. The first-order chi connectivity index (χ1) is 17.7. The Labute approximate surface area is 214 Å². The first-order valence-electron chi connectivity index (χ1n) is 12.2. The lowest BCUT2D eigenvalue weighted by Gasteiger charge is -2.15. The normalized spacial score (nSPS) is 11.0. The summed E-state index contributed by atoms with van der Waals surface area (Å²) in [6.07, 6.45) is 0.191. The van der Waals surface area contributed by atoms with Crippen LogP contribution in [0, 0.1) is 6.92 Å². The Kier molecular flexibility index (Phi) is 7.67. The van der Waals surface area contributed by atoms with Crippen LogP contribution in [0.4, 0.5) is 0 Å². The smallest absolute Gasteiger partial charge is 0.336 e. The van der Waals surface area contributed by atoms with Crippen molar-refractivity contribution in [3.63, 3.8) is 0 Å². The van der Waals surface area contributed by atoms with Gasteiger partial charge in [-0.3, -0.25) is 19.0 Å². The fraction of sp³-hybridized carbons (Fsp3) is 0.241. The van der Waals surface area contributed by atoms with Crippen LogP contribution in [0.5, 0.6) is 0 Å². The van der Waals surface area contributed by atoms with E-state index in [0.29, 0.717) is 23.1 Å². The zero-order valence-corrected chi connectivity index (χ0v) is 21.2. The second-order valence-corrected chi connectivity index (χ2v) is 9.35. The SMILES string of the molecule is Cc1ccc(CNC(=O)Cn2c(=O)n(-c3ccc(CC(=O)NC(C)C)cc3)c(=O)c3ccccc32)cc1. The Morgan fingerprint density at radius 3 is 2.16 bits per heavy atom. The van der Waals surface area contributed by atoms with Crippen LogP contribution in [-0.4, -0.2) is 27.0 Å². The summed E-state index contributed by atoms with van der Waals surface area (Å²) in [4.78, 5) is 51.7. The molecule has 0 bridgehead atoms. The average Bonchev–Trinajstić information content (AvgIpc) is 2.87. The summed E-state index contributed by atoms with van der Waals surface area (Å²) in [6, 6.07) is 21.3. The Morgan fingerprint density at radius 1 is 0.838 bits per heavy atom. The molecule has 1 heterocycles. The van der Waals surface area contributed by atoms with E-state index in [9.17, 15) is 19.2 Å². The van der Waals surface area contributed by atoms with Crippen LogP contribution < -0.4 is 21.9 Å². The first-order valence-corrected chi connectivity index (χ1v) is 12.2. The predicted molar refractivity (Wildman–Crippen MR) is 144 cm³/mol. The fourth-order valence-electron chi connectivity index (χ4n) is 4.13. The van der Waals surface area contributed by atoms with Crippen molar-refractivity contribution in [1.82, 2.24) is 19.8 Å². The number of para-hydroxylation sites is 1. The molecule has 4 rings (SSSR count). The summed E-state index contributed by atoms with van der Waals surface area (Å²) in [5.41, 5.74) is 2.50. The minimum atomic E-state index is -0.612. The monoisotopic (exact) mass is 498 g/mol. The van der Waals surface area contributed by atoms with Gasteiger partial charge in [0.25, 0.3) is 5.56 Å². The molecule has 3 aromatic carbocycles. The highest BCUT2D eigenvalue weighted by atomic mass is 16.2. The molecule has 1 aromatic heterocycles. The van der Waals surface area contributed by atoms with Crippen molar-refractivity contribution >= 4 is 22.7 Å².